The Kier molecular flexibility index (Phi) is 24.9. The van der Waals surface area contributed by atoms with Gasteiger partial charge in [0.25, 0.3) is 0 Å². The summed E-state index contributed by atoms with van der Waals surface area (Å²) < 4.78 is 10.6. The summed E-state index contributed by atoms with van der Waals surface area (Å²) in [6.07, 6.45) is 26.0. The summed E-state index contributed by atoms with van der Waals surface area (Å²) in [6, 6.07) is 0. The van der Waals surface area contributed by atoms with Crippen LogP contribution in [0.1, 0.15) is 142 Å². The van der Waals surface area contributed by atoms with E-state index in [2.05, 4.69) is 13.8 Å². The molecule has 0 N–H and O–H groups in total. The van der Waals surface area contributed by atoms with Crippen molar-refractivity contribution >= 4 is 11.9 Å². The van der Waals surface area contributed by atoms with Gasteiger partial charge in [0.15, 0.2) is 0 Å². The van der Waals surface area contributed by atoms with Gasteiger partial charge in [0.1, 0.15) is 0 Å². The molecule has 0 aliphatic rings. The topological polar surface area (TPSA) is 52.6 Å². The van der Waals surface area contributed by atoms with Crippen molar-refractivity contribution < 1.29 is 19.1 Å². The minimum atomic E-state index is -0.123. The normalized spacial score (nSPS) is 11.2. The zero-order chi connectivity index (χ0) is 23.5. The molecular weight excluding hydrogens is 400 g/mol. The van der Waals surface area contributed by atoms with E-state index in [9.17, 15) is 9.59 Å². The first-order valence-electron chi connectivity index (χ1n) is 13.7. The van der Waals surface area contributed by atoms with Gasteiger partial charge in [-0.25, -0.2) is 0 Å². The van der Waals surface area contributed by atoms with Crippen LogP contribution in [-0.4, -0.2) is 25.2 Å². The van der Waals surface area contributed by atoms with E-state index < -0.39 is 0 Å². The molecule has 0 aliphatic heterocycles. The number of esters is 2. The number of unbranched alkanes of at least 4 members (excludes halogenated alkanes) is 14. The van der Waals surface area contributed by atoms with Gasteiger partial charge >= 0.3 is 11.9 Å². The zero-order valence-electron chi connectivity index (χ0n) is 21.3. The highest BCUT2D eigenvalue weighted by Gasteiger charge is 2.02. The number of carbonyl (C=O) groups is 2. The Hall–Kier alpha value is -1.32. The Labute approximate surface area is 198 Å². The fraction of sp³-hybridized carbons (Fsp3) is 0.857. The van der Waals surface area contributed by atoms with Crippen LogP contribution in [0, 0.1) is 0 Å². The molecule has 0 unspecified atom stereocenters. The molecule has 0 aromatic heterocycles. The first kappa shape index (κ1) is 30.7. The number of ether oxygens (including phenoxy) is 2. The summed E-state index contributed by atoms with van der Waals surface area (Å²) >= 11 is 0. The van der Waals surface area contributed by atoms with E-state index in [-0.39, 0.29) is 11.9 Å². The summed E-state index contributed by atoms with van der Waals surface area (Å²) in [5.74, 6) is -0.246. The first-order chi connectivity index (χ1) is 15.7. The van der Waals surface area contributed by atoms with Crippen LogP contribution in [0.4, 0.5) is 0 Å². The molecule has 0 rings (SSSR count). The highest BCUT2D eigenvalue weighted by molar-refractivity contribution is 5.70. The van der Waals surface area contributed by atoms with Gasteiger partial charge in [-0.2, -0.15) is 0 Å². The minimum absolute atomic E-state index is 0.123. The Bertz CT molecular complexity index is 405. The van der Waals surface area contributed by atoms with Gasteiger partial charge in [-0.1, -0.05) is 116 Å². The largest absolute Gasteiger partial charge is 0.466 e. The quantitative estimate of drug-likeness (QED) is 0.0837. The monoisotopic (exact) mass is 452 g/mol. The molecule has 0 spiro atoms. The third kappa shape index (κ3) is 24.9. The number of allylic oxidation sites excluding steroid dienone is 2. The predicted octanol–water partition coefficient (Wildman–Crippen LogP) is 8.47. The van der Waals surface area contributed by atoms with E-state index in [0.717, 1.165) is 25.7 Å². The summed E-state index contributed by atoms with van der Waals surface area (Å²) in [5, 5.41) is 0. The lowest BCUT2D eigenvalue weighted by Gasteiger charge is -2.04. The zero-order valence-corrected chi connectivity index (χ0v) is 21.3. The maximum atomic E-state index is 11.7. The smallest absolute Gasteiger partial charge is 0.306 e. The lowest BCUT2D eigenvalue weighted by Crippen LogP contribution is -2.05. The molecular formula is C28H52O4. The van der Waals surface area contributed by atoms with E-state index in [1.54, 1.807) is 0 Å². The van der Waals surface area contributed by atoms with Gasteiger partial charge in [-0.3, -0.25) is 9.59 Å². The second kappa shape index (κ2) is 25.9. The fourth-order valence-corrected chi connectivity index (χ4v) is 3.63. The second-order valence-electron chi connectivity index (χ2n) is 8.94. The molecule has 188 valence electrons. The van der Waals surface area contributed by atoms with Crippen LogP contribution in [0.3, 0.4) is 0 Å². The predicted molar refractivity (Wildman–Crippen MR) is 135 cm³/mol. The molecule has 0 aromatic carbocycles. The van der Waals surface area contributed by atoms with E-state index in [1.807, 2.05) is 12.2 Å². The fourth-order valence-electron chi connectivity index (χ4n) is 3.63. The highest BCUT2D eigenvalue weighted by atomic mass is 16.5. The Morgan fingerprint density at radius 1 is 0.500 bits per heavy atom. The number of carbonyl (C=O) groups excluding carboxylic acids is 2. The lowest BCUT2D eigenvalue weighted by molar-refractivity contribution is -0.144. The molecule has 32 heavy (non-hydrogen) atoms. The van der Waals surface area contributed by atoms with Crippen molar-refractivity contribution in [3.8, 4) is 0 Å². The Morgan fingerprint density at radius 3 is 1.16 bits per heavy atom. The van der Waals surface area contributed by atoms with Crippen LogP contribution < -0.4 is 0 Å². The van der Waals surface area contributed by atoms with Gasteiger partial charge in [-0.15, -0.1) is 0 Å². The second-order valence-corrected chi connectivity index (χ2v) is 8.94. The Morgan fingerprint density at radius 2 is 0.812 bits per heavy atom. The summed E-state index contributed by atoms with van der Waals surface area (Å²) in [7, 11) is 0. The van der Waals surface area contributed by atoms with Gasteiger partial charge in [0, 0.05) is 12.8 Å². The van der Waals surface area contributed by atoms with Crippen LogP contribution in [-0.2, 0) is 19.1 Å². The average Bonchev–Trinajstić information content (AvgIpc) is 2.79. The van der Waals surface area contributed by atoms with Gasteiger partial charge in [0.2, 0.25) is 0 Å². The van der Waals surface area contributed by atoms with Gasteiger partial charge in [-0.05, 0) is 25.7 Å². The van der Waals surface area contributed by atoms with Crippen LogP contribution in [0.5, 0.6) is 0 Å². The van der Waals surface area contributed by atoms with Gasteiger partial charge in [0.05, 0.1) is 13.2 Å². The molecule has 0 aromatic rings. The van der Waals surface area contributed by atoms with Crippen molar-refractivity contribution in [2.24, 2.45) is 0 Å². The van der Waals surface area contributed by atoms with Crippen LogP contribution in [0.25, 0.3) is 0 Å². The summed E-state index contributed by atoms with van der Waals surface area (Å²) in [4.78, 5) is 23.4. The maximum absolute atomic E-state index is 11.7. The minimum Gasteiger partial charge on any atom is -0.466 e. The third-order valence-electron chi connectivity index (χ3n) is 5.72. The van der Waals surface area contributed by atoms with Crippen molar-refractivity contribution in [1.29, 1.82) is 0 Å². The molecule has 0 saturated carbocycles. The molecule has 0 heterocycles. The van der Waals surface area contributed by atoms with Crippen molar-refractivity contribution in [3.05, 3.63) is 12.2 Å². The molecule has 0 amide bonds. The van der Waals surface area contributed by atoms with E-state index in [4.69, 9.17) is 9.47 Å². The molecule has 0 bridgehead atoms. The molecule has 0 atom stereocenters. The first-order valence-corrected chi connectivity index (χ1v) is 13.7. The van der Waals surface area contributed by atoms with Crippen LogP contribution in [0.15, 0.2) is 12.2 Å². The highest BCUT2D eigenvalue weighted by Crippen LogP contribution is 2.10. The molecule has 0 fully saturated rings. The molecule has 0 saturated heterocycles. The molecule has 4 nitrogen and oxygen atoms in total. The molecule has 0 radical (unpaired) electrons. The van der Waals surface area contributed by atoms with Gasteiger partial charge < -0.3 is 9.47 Å². The van der Waals surface area contributed by atoms with E-state index in [1.165, 1.54) is 77.0 Å². The van der Waals surface area contributed by atoms with E-state index in [0.29, 0.717) is 38.9 Å². The standard InChI is InChI=1S/C28H52O4/c1-3-5-7-9-11-13-17-21-25-31-27(29)23-19-15-16-20-24-28(30)32-26-22-18-14-12-10-8-6-4-2/h15-16H,3-14,17-26H2,1-2H3. The third-order valence-corrected chi connectivity index (χ3v) is 5.72. The van der Waals surface area contributed by atoms with Crippen LogP contribution in [0.2, 0.25) is 0 Å². The lowest BCUT2D eigenvalue weighted by atomic mass is 10.1. The van der Waals surface area contributed by atoms with Crippen LogP contribution >= 0.6 is 0 Å². The van der Waals surface area contributed by atoms with E-state index >= 15 is 0 Å². The molecule has 0 aliphatic carbocycles. The summed E-state index contributed by atoms with van der Waals surface area (Å²) in [6.45, 7) is 5.56. The van der Waals surface area contributed by atoms with Crippen molar-refractivity contribution in [3.63, 3.8) is 0 Å². The molecule has 4 heteroatoms. The van der Waals surface area contributed by atoms with Crippen molar-refractivity contribution in [2.45, 2.75) is 142 Å². The average molecular weight is 453 g/mol. The number of hydrogen-bond acceptors (Lipinski definition) is 4. The Balaban J connectivity index is 3.37. The van der Waals surface area contributed by atoms with Crippen molar-refractivity contribution in [1.82, 2.24) is 0 Å². The maximum Gasteiger partial charge on any atom is 0.306 e. The van der Waals surface area contributed by atoms with Crippen molar-refractivity contribution in [2.75, 3.05) is 13.2 Å². The SMILES string of the molecule is CCCCCCCCCCOC(=O)CCC=CCCC(=O)OCCCCCCCCCC. The number of rotatable bonds is 24. The number of hydrogen-bond donors (Lipinski definition) is 0. The summed E-state index contributed by atoms with van der Waals surface area (Å²) in [5.41, 5.74) is 0.